The van der Waals surface area contributed by atoms with Gasteiger partial charge in [0.2, 0.25) is 0 Å². The highest BCUT2D eigenvalue weighted by Gasteiger charge is 2.34. The van der Waals surface area contributed by atoms with Crippen LogP contribution < -0.4 is 0 Å². The Balaban J connectivity index is 2.31. The maximum Gasteiger partial charge on any atom is 0.329 e. The van der Waals surface area contributed by atoms with Crippen molar-refractivity contribution in [3.05, 3.63) is 77.7 Å². The second-order valence-electron chi connectivity index (χ2n) is 5.20. The monoisotopic (exact) mass is 320 g/mol. The third-order valence-corrected chi connectivity index (χ3v) is 3.65. The van der Waals surface area contributed by atoms with Gasteiger partial charge in [-0.25, -0.2) is 0 Å². The van der Waals surface area contributed by atoms with Crippen LogP contribution in [0.4, 0.5) is 0 Å². The molecule has 0 N–H and O–H groups in total. The standard InChI is InChI=1S/C20H18NO3/c1-2-24-20(23)18(14-21)17(15-9-5-3-6-10-15)13-19(22)16-11-7-4-8-12-16/h3-12,17H,2,13H2,1H3. The van der Waals surface area contributed by atoms with Gasteiger partial charge in [0.1, 0.15) is 0 Å². The van der Waals surface area contributed by atoms with E-state index in [1.54, 1.807) is 43.3 Å². The van der Waals surface area contributed by atoms with Gasteiger partial charge in [0.25, 0.3) is 0 Å². The summed E-state index contributed by atoms with van der Waals surface area (Å²) in [5.41, 5.74) is 1.30. The molecular weight excluding hydrogens is 302 g/mol. The van der Waals surface area contributed by atoms with E-state index in [2.05, 4.69) is 0 Å². The fraction of sp³-hybridized carbons (Fsp3) is 0.200. The van der Waals surface area contributed by atoms with Gasteiger partial charge >= 0.3 is 5.97 Å². The molecule has 4 nitrogen and oxygen atoms in total. The fourth-order valence-corrected chi connectivity index (χ4v) is 2.47. The number of carbonyl (C=O) groups excluding carboxylic acids is 2. The maximum absolute atomic E-state index is 12.6. The largest absolute Gasteiger partial charge is 0.465 e. The van der Waals surface area contributed by atoms with Crippen molar-refractivity contribution in [2.24, 2.45) is 0 Å². The number of carbonyl (C=O) groups is 2. The van der Waals surface area contributed by atoms with Crippen LogP contribution in [0.15, 0.2) is 60.7 Å². The van der Waals surface area contributed by atoms with E-state index in [-0.39, 0.29) is 24.7 Å². The highest BCUT2D eigenvalue weighted by atomic mass is 16.5. The molecule has 4 heteroatoms. The highest BCUT2D eigenvalue weighted by Crippen LogP contribution is 2.32. The number of ketones is 1. The van der Waals surface area contributed by atoms with E-state index in [1.807, 2.05) is 30.3 Å². The van der Waals surface area contributed by atoms with Crippen LogP contribution >= 0.6 is 0 Å². The lowest BCUT2D eigenvalue weighted by Crippen LogP contribution is -2.23. The number of hydrogen-bond acceptors (Lipinski definition) is 4. The molecule has 0 aliphatic heterocycles. The quantitative estimate of drug-likeness (QED) is 0.576. The summed E-state index contributed by atoms with van der Waals surface area (Å²) < 4.78 is 4.97. The van der Waals surface area contributed by atoms with Gasteiger partial charge in [-0.05, 0) is 12.5 Å². The Kier molecular flexibility index (Phi) is 6.27. The second kappa shape index (κ2) is 8.64. The molecule has 0 aliphatic rings. The van der Waals surface area contributed by atoms with E-state index in [1.165, 1.54) is 0 Å². The predicted molar refractivity (Wildman–Crippen MR) is 90.1 cm³/mol. The van der Waals surface area contributed by atoms with Gasteiger partial charge < -0.3 is 4.74 Å². The molecule has 0 spiro atoms. The van der Waals surface area contributed by atoms with E-state index in [0.717, 1.165) is 5.56 Å². The van der Waals surface area contributed by atoms with Crippen molar-refractivity contribution >= 4 is 11.8 Å². The van der Waals surface area contributed by atoms with E-state index >= 15 is 0 Å². The Morgan fingerprint density at radius 3 is 2.17 bits per heavy atom. The van der Waals surface area contributed by atoms with E-state index in [9.17, 15) is 14.9 Å². The van der Waals surface area contributed by atoms with Crippen LogP contribution in [-0.2, 0) is 9.53 Å². The second-order valence-corrected chi connectivity index (χ2v) is 5.20. The van der Waals surface area contributed by atoms with E-state index in [0.29, 0.717) is 5.56 Å². The SMILES string of the molecule is CCOC(=O)[C](C#N)C(CC(=O)c1ccccc1)c1ccccc1. The first-order valence-corrected chi connectivity index (χ1v) is 7.74. The summed E-state index contributed by atoms with van der Waals surface area (Å²) in [5, 5.41) is 9.44. The van der Waals surface area contributed by atoms with Crippen LogP contribution in [0.1, 0.15) is 35.2 Å². The first-order chi connectivity index (χ1) is 11.7. The highest BCUT2D eigenvalue weighted by molar-refractivity contribution is 5.98. The van der Waals surface area contributed by atoms with Crippen molar-refractivity contribution in [2.75, 3.05) is 6.61 Å². The van der Waals surface area contributed by atoms with Crippen molar-refractivity contribution in [1.29, 1.82) is 5.26 Å². The number of rotatable bonds is 7. The molecule has 121 valence electrons. The zero-order chi connectivity index (χ0) is 17.4. The number of benzene rings is 2. The van der Waals surface area contributed by atoms with Crippen LogP contribution in [0.2, 0.25) is 0 Å². The van der Waals surface area contributed by atoms with E-state index < -0.39 is 11.9 Å². The van der Waals surface area contributed by atoms with Gasteiger partial charge in [-0.3, -0.25) is 9.59 Å². The molecule has 0 saturated carbocycles. The molecule has 0 bridgehead atoms. The minimum absolute atomic E-state index is 0.0374. The lowest BCUT2D eigenvalue weighted by Gasteiger charge is -2.20. The molecule has 2 aromatic rings. The van der Waals surface area contributed by atoms with Gasteiger partial charge in [-0.15, -0.1) is 0 Å². The number of ether oxygens (including phenoxy) is 1. The van der Waals surface area contributed by atoms with Crippen molar-refractivity contribution < 1.29 is 14.3 Å². The van der Waals surface area contributed by atoms with Crippen LogP contribution in [0, 0.1) is 17.2 Å². The topological polar surface area (TPSA) is 67.2 Å². The fourth-order valence-electron chi connectivity index (χ4n) is 2.47. The van der Waals surface area contributed by atoms with Gasteiger partial charge in [-0.1, -0.05) is 60.7 Å². The smallest absolute Gasteiger partial charge is 0.329 e. The Morgan fingerprint density at radius 1 is 1.04 bits per heavy atom. The number of Topliss-reactive ketones (excluding diaryl/α,β-unsaturated/α-hetero) is 1. The van der Waals surface area contributed by atoms with Crippen LogP contribution in [0.25, 0.3) is 0 Å². The van der Waals surface area contributed by atoms with Crippen molar-refractivity contribution in [3.63, 3.8) is 0 Å². The van der Waals surface area contributed by atoms with Crippen LogP contribution in [-0.4, -0.2) is 18.4 Å². The van der Waals surface area contributed by atoms with Gasteiger partial charge in [0.15, 0.2) is 11.7 Å². The summed E-state index contributed by atoms with van der Waals surface area (Å²) in [4.78, 5) is 24.7. The molecule has 0 heterocycles. The lowest BCUT2D eigenvalue weighted by molar-refractivity contribution is -0.140. The van der Waals surface area contributed by atoms with Gasteiger partial charge in [0.05, 0.1) is 12.7 Å². The Morgan fingerprint density at radius 2 is 1.62 bits per heavy atom. The average Bonchev–Trinajstić information content (AvgIpc) is 2.63. The number of nitrogens with zero attached hydrogens (tertiary/aromatic N) is 1. The number of nitriles is 1. The Bertz CT molecular complexity index is 720. The van der Waals surface area contributed by atoms with Crippen molar-refractivity contribution in [2.45, 2.75) is 19.3 Å². The summed E-state index contributed by atoms with van der Waals surface area (Å²) >= 11 is 0. The molecule has 1 atom stereocenters. The minimum Gasteiger partial charge on any atom is -0.465 e. The molecule has 0 saturated heterocycles. The Hall–Kier alpha value is -2.93. The molecule has 2 rings (SSSR count). The summed E-state index contributed by atoms with van der Waals surface area (Å²) in [6, 6.07) is 19.9. The lowest BCUT2D eigenvalue weighted by atomic mass is 9.82. The molecule has 1 unspecified atom stereocenters. The molecular formula is C20H18NO3. The number of hydrogen-bond donors (Lipinski definition) is 0. The zero-order valence-corrected chi connectivity index (χ0v) is 13.4. The molecule has 0 amide bonds. The minimum atomic E-state index is -0.672. The summed E-state index contributed by atoms with van der Waals surface area (Å²) in [7, 11) is 0. The van der Waals surface area contributed by atoms with Crippen molar-refractivity contribution in [3.8, 4) is 6.07 Å². The third kappa shape index (κ3) is 4.30. The molecule has 0 fully saturated rings. The summed E-state index contributed by atoms with van der Waals surface area (Å²) in [5.74, 6) is -1.47. The molecule has 1 radical (unpaired) electrons. The van der Waals surface area contributed by atoms with Gasteiger partial charge in [-0.2, -0.15) is 5.26 Å². The maximum atomic E-state index is 12.6. The molecule has 0 aromatic heterocycles. The van der Waals surface area contributed by atoms with Crippen LogP contribution in [0.5, 0.6) is 0 Å². The number of esters is 1. The molecule has 0 aliphatic carbocycles. The predicted octanol–water partition coefficient (Wildman–Crippen LogP) is 3.70. The van der Waals surface area contributed by atoms with Gasteiger partial charge in [0, 0.05) is 17.9 Å². The average molecular weight is 320 g/mol. The summed E-state index contributed by atoms with van der Waals surface area (Å²) in [6.45, 7) is 1.86. The summed E-state index contributed by atoms with van der Waals surface area (Å²) in [6.07, 6.45) is 0.0374. The molecule has 2 aromatic carbocycles. The first-order valence-electron chi connectivity index (χ1n) is 7.74. The first kappa shape index (κ1) is 17.4. The van der Waals surface area contributed by atoms with E-state index in [4.69, 9.17) is 4.74 Å². The molecule has 24 heavy (non-hydrogen) atoms. The zero-order valence-electron chi connectivity index (χ0n) is 13.4. The normalized spacial score (nSPS) is 11.5. The van der Waals surface area contributed by atoms with Crippen molar-refractivity contribution in [1.82, 2.24) is 0 Å². The Labute approximate surface area is 141 Å². The third-order valence-electron chi connectivity index (χ3n) is 3.65. The van der Waals surface area contributed by atoms with Crippen LogP contribution in [0.3, 0.4) is 0 Å².